The van der Waals surface area contributed by atoms with Crippen molar-refractivity contribution < 1.29 is 4.48 Å². The third kappa shape index (κ3) is 23.1. The molecule has 148 valence electrons. The third-order valence-corrected chi connectivity index (χ3v) is 4.49. The Morgan fingerprint density at radius 2 is 0.960 bits per heavy atom. The standard InChI is InChI=1S/C19H42N.C2H2N3/c1-5-6-7-8-9-10-11-12-13-14-15-16-17-18-19-20(2,3)4;1-3-2-5-4-1/h5-19H2,1-4H3;1-2H/q+1;-1. The molecule has 0 aliphatic rings. The molecule has 1 aromatic heterocycles. The first-order valence-electron chi connectivity index (χ1n) is 10.6. The topological polar surface area (TPSA) is 39.9 Å². The molecule has 0 aliphatic heterocycles. The van der Waals surface area contributed by atoms with Crippen LogP contribution in [0.25, 0.3) is 0 Å². The molecular formula is C21H44N4. The van der Waals surface area contributed by atoms with Crippen molar-refractivity contribution in [1.29, 1.82) is 0 Å². The molecule has 0 fully saturated rings. The van der Waals surface area contributed by atoms with Crippen LogP contribution in [0.4, 0.5) is 0 Å². The normalized spacial score (nSPS) is 11.2. The Morgan fingerprint density at radius 1 is 0.600 bits per heavy atom. The molecule has 0 unspecified atom stereocenters. The van der Waals surface area contributed by atoms with E-state index in [1.165, 1.54) is 109 Å². The fourth-order valence-electron chi connectivity index (χ4n) is 2.93. The first-order chi connectivity index (χ1) is 12.1. The first kappa shape index (κ1) is 24.1. The molecule has 0 radical (unpaired) electrons. The minimum atomic E-state index is 1.12. The van der Waals surface area contributed by atoms with Gasteiger partial charge in [0.1, 0.15) is 0 Å². The summed E-state index contributed by atoms with van der Waals surface area (Å²) in [5, 5.41) is 6.72. The second-order valence-electron chi connectivity index (χ2n) is 8.22. The highest BCUT2D eigenvalue weighted by Crippen LogP contribution is 2.13. The molecule has 4 heteroatoms. The predicted molar refractivity (Wildman–Crippen MR) is 109 cm³/mol. The van der Waals surface area contributed by atoms with E-state index in [4.69, 9.17) is 0 Å². The average molecular weight is 353 g/mol. The van der Waals surface area contributed by atoms with Crippen molar-refractivity contribution in [3.8, 4) is 0 Å². The summed E-state index contributed by atoms with van der Waals surface area (Å²) in [6.45, 7) is 3.63. The highest BCUT2D eigenvalue weighted by Gasteiger charge is 2.04. The summed E-state index contributed by atoms with van der Waals surface area (Å²) in [5.74, 6) is 0. The van der Waals surface area contributed by atoms with E-state index in [0.29, 0.717) is 0 Å². The van der Waals surface area contributed by atoms with Crippen molar-refractivity contribution >= 4 is 0 Å². The Balaban J connectivity index is 0.000000972. The van der Waals surface area contributed by atoms with Crippen molar-refractivity contribution in [2.75, 3.05) is 27.7 Å². The van der Waals surface area contributed by atoms with Gasteiger partial charge in [-0.25, -0.2) is 0 Å². The SMILES string of the molecule is CCCCCCCCCCCCCCCC[N+](C)(C)C.c1nnc[n-]1. The first-order valence-corrected chi connectivity index (χ1v) is 10.6. The van der Waals surface area contributed by atoms with Gasteiger partial charge in [-0.3, -0.25) is 0 Å². The highest BCUT2D eigenvalue weighted by molar-refractivity contribution is 4.49. The van der Waals surface area contributed by atoms with Crippen LogP contribution in [-0.4, -0.2) is 42.4 Å². The Hall–Kier alpha value is -0.900. The molecule has 1 rings (SSSR count). The van der Waals surface area contributed by atoms with Crippen molar-refractivity contribution in [2.24, 2.45) is 0 Å². The van der Waals surface area contributed by atoms with E-state index >= 15 is 0 Å². The van der Waals surface area contributed by atoms with Gasteiger partial charge in [0, 0.05) is 0 Å². The fraction of sp³-hybridized carbons (Fsp3) is 0.905. The zero-order chi connectivity index (χ0) is 18.6. The van der Waals surface area contributed by atoms with E-state index in [0.717, 1.165) is 4.48 Å². The summed E-state index contributed by atoms with van der Waals surface area (Å²) in [6.07, 6.45) is 23.1. The van der Waals surface area contributed by atoms with Gasteiger partial charge in [0.2, 0.25) is 0 Å². The van der Waals surface area contributed by atoms with Crippen LogP contribution in [0.3, 0.4) is 0 Å². The van der Waals surface area contributed by atoms with Crippen molar-refractivity contribution in [3.05, 3.63) is 12.7 Å². The molecule has 0 atom stereocenters. The van der Waals surface area contributed by atoms with Crippen LogP contribution in [0, 0.1) is 0 Å². The van der Waals surface area contributed by atoms with Crippen LogP contribution in [0.1, 0.15) is 96.8 Å². The zero-order valence-corrected chi connectivity index (χ0v) is 17.6. The summed E-state index contributed by atoms with van der Waals surface area (Å²) in [6, 6.07) is 0. The molecule has 4 nitrogen and oxygen atoms in total. The molecule has 0 N–H and O–H groups in total. The maximum absolute atomic E-state index is 3.50. The number of quaternary nitrogens is 1. The maximum atomic E-state index is 3.50. The molecule has 1 aromatic rings. The Morgan fingerprint density at radius 3 is 1.24 bits per heavy atom. The lowest BCUT2D eigenvalue weighted by molar-refractivity contribution is -0.870. The number of unbranched alkanes of at least 4 members (excludes halogenated alkanes) is 13. The lowest BCUT2D eigenvalue weighted by Gasteiger charge is -2.23. The zero-order valence-electron chi connectivity index (χ0n) is 17.6. The van der Waals surface area contributed by atoms with E-state index in [-0.39, 0.29) is 0 Å². The van der Waals surface area contributed by atoms with Crippen LogP contribution in [-0.2, 0) is 0 Å². The molecule has 0 spiro atoms. The lowest BCUT2D eigenvalue weighted by Crippen LogP contribution is -2.35. The molecule has 1 heterocycles. The number of hydrogen-bond donors (Lipinski definition) is 0. The van der Waals surface area contributed by atoms with Crippen LogP contribution < -0.4 is 4.98 Å². The van der Waals surface area contributed by atoms with Crippen molar-refractivity contribution in [1.82, 2.24) is 15.2 Å². The van der Waals surface area contributed by atoms with Crippen LogP contribution in [0.5, 0.6) is 0 Å². The Labute approximate surface area is 157 Å². The molecule has 0 amide bonds. The van der Waals surface area contributed by atoms with Gasteiger partial charge >= 0.3 is 0 Å². The second kappa shape index (κ2) is 17.9. The lowest BCUT2D eigenvalue weighted by atomic mass is 10.0. The van der Waals surface area contributed by atoms with E-state index in [1.807, 2.05) is 0 Å². The number of hydrogen-bond acceptors (Lipinski definition) is 2. The van der Waals surface area contributed by atoms with Gasteiger partial charge in [-0.2, -0.15) is 0 Å². The Kier molecular flexibility index (Phi) is 17.3. The minimum Gasteiger partial charge on any atom is -0.374 e. The smallest absolute Gasteiger partial charge is 0.0780 e. The summed E-state index contributed by atoms with van der Waals surface area (Å²) >= 11 is 0. The van der Waals surface area contributed by atoms with E-state index in [1.54, 1.807) is 0 Å². The van der Waals surface area contributed by atoms with Crippen LogP contribution >= 0.6 is 0 Å². The minimum absolute atomic E-state index is 1.12. The van der Waals surface area contributed by atoms with Gasteiger partial charge in [-0.1, -0.05) is 84.0 Å². The average Bonchev–Trinajstić information content (AvgIpc) is 3.14. The number of nitrogens with zero attached hydrogens (tertiary/aromatic N) is 4. The molecule has 0 saturated heterocycles. The second-order valence-corrected chi connectivity index (χ2v) is 8.22. The number of rotatable bonds is 15. The summed E-state index contributed by atoms with van der Waals surface area (Å²) in [7, 11) is 6.88. The quantitative estimate of drug-likeness (QED) is 0.304. The van der Waals surface area contributed by atoms with Gasteiger partial charge in [0.15, 0.2) is 0 Å². The summed E-state index contributed by atoms with van der Waals surface area (Å²) in [4.78, 5) is 3.50. The summed E-state index contributed by atoms with van der Waals surface area (Å²) in [5.41, 5.74) is 0. The molecule has 0 saturated carbocycles. The van der Waals surface area contributed by atoms with Gasteiger partial charge < -0.3 is 19.7 Å². The molecular weight excluding hydrogens is 308 g/mol. The van der Waals surface area contributed by atoms with Crippen LogP contribution in [0.15, 0.2) is 12.7 Å². The highest BCUT2D eigenvalue weighted by atomic mass is 15.3. The van der Waals surface area contributed by atoms with E-state index in [2.05, 4.69) is 43.2 Å². The van der Waals surface area contributed by atoms with Crippen LogP contribution in [0.2, 0.25) is 0 Å². The monoisotopic (exact) mass is 352 g/mol. The number of aromatic nitrogens is 3. The van der Waals surface area contributed by atoms with Gasteiger partial charge in [-0.05, 0) is 25.5 Å². The largest absolute Gasteiger partial charge is 0.374 e. The summed E-state index contributed by atoms with van der Waals surface area (Å²) < 4.78 is 1.12. The van der Waals surface area contributed by atoms with E-state index in [9.17, 15) is 0 Å². The maximum Gasteiger partial charge on any atom is 0.0780 e. The third-order valence-electron chi connectivity index (χ3n) is 4.49. The van der Waals surface area contributed by atoms with Gasteiger partial charge in [0.05, 0.1) is 27.7 Å². The molecule has 0 bridgehead atoms. The predicted octanol–water partition coefficient (Wildman–Crippen LogP) is 5.61. The molecule has 25 heavy (non-hydrogen) atoms. The van der Waals surface area contributed by atoms with Crippen molar-refractivity contribution in [3.63, 3.8) is 0 Å². The van der Waals surface area contributed by atoms with E-state index < -0.39 is 0 Å². The van der Waals surface area contributed by atoms with Gasteiger partial charge in [0.25, 0.3) is 0 Å². The van der Waals surface area contributed by atoms with Gasteiger partial charge in [-0.15, -0.1) is 0 Å². The molecule has 0 aromatic carbocycles. The fourth-order valence-corrected chi connectivity index (χ4v) is 2.93. The Bertz CT molecular complexity index is 313. The molecule has 0 aliphatic carbocycles. The van der Waals surface area contributed by atoms with Crippen molar-refractivity contribution in [2.45, 2.75) is 96.8 Å².